The average molecular weight is 138 g/mol. The quantitative estimate of drug-likeness (QED) is 0.681. The molecule has 0 aliphatic carbocycles. The number of aromatic nitrogens is 1. The topological polar surface area (TPSA) is 47.9 Å². The zero-order chi connectivity index (χ0) is 6.53. The molecule has 0 fully saturated rings. The molecule has 2 heteroatoms. The number of aryl methyl sites for hydroxylation is 1. The van der Waals surface area contributed by atoms with E-state index in [1.54, 1.807) is 0 Å². The predicted molar refractivity (Wildman–Crippen MR) is 43.3 cm³/mol. The lowest BCUT2D eigenvalue weighted by atomic mass is 10.2. The van der Waals surface area contributed by atoms with Crippen LogP contribution in [0.2, 0.25) is 0 Å². The summed E-state index contributed by atoms with van der Waals surface area (Å²) in [5, 5.41) is 0. The molecule has 0 aliphatic rings. The molecule has 0 saturated carbocycles. The van der Waals surface area contributed by atoms with E-state index in [1.165, 1.54) is 12.1 Å². The van der Waals surface area contributed by atoms with E-state index in [0.29, 0.717) is 0 Å². The van der Waals surface area contributed by atoms with Gasteiger partial charge in [-0.25, -0.2) is 0 Å². The summed E-state index contributed by atoms with van der Waals surface area (Å²) in [6, 6.07) is 6.03. The molecule has 3 N–H and O–H groups in total. The fourth-order valence-corrected chi connectivity index (χ4v) is 0.802. The zero-order valence-corrected chi connectivity index (χ0v) is 6.38. The highest BCUT2D eigenvalue weighted by Crippen LogP contribution is 1.95. The maximum absolute atomic E-state index is 4.17. The molecular weight excluding hydrogens is 124 g/mol. The van der Waals surface area contributed by atoms with Crippen LogP contribution in [-0.2, 0) is 6.42 Å². The second-order valence-corrected chi connectivity index (χ2v) is 2.07. The second-order valence-electron chi connectivity index (χ2n) is 2.07. The molecule has 0 radical (unpaired) electrons. The van der Waals surface area contributed by atoms with Gasteiger partial charge in [0.15, 0.2) is 0 Å². The Hall–Kier alpha value is -0.890. The molecule has 1 heterocycles. The molecule has 0 atom stereocenters. The van der Waals surface area contributed by atoms with Crippen molar-refractivity contribution in [2.75, 3.05) is 0 Å². The average Bonchev–Trinajstić information content (AvgIpc) is 1.91. The lowest BCUT2D eigenvalue weighted by Crippen LogP contribution is -1.84. The van der Waals surface area contributed by atoms with Crippen LogP contribution < -0.4 is 6.15 Å². The van der Waals surface area contributed by atoms with Crippen LogP contribution in [0.1, 0.15) is 19.0 Å². The van der Waals surface area contributed by atoms with Crippen LogP contribution in [0, 0.1) is 0 Å². The van der Waals surface area contributed by atoms with Crippen LogP contribution in [0.5, 0.6) is 0 Å². The Morgan fingerprint density at radius 2 is 2.20 bits per heavy atom. The Morgan fingerprint density at radius 3 is 2.70 bits per heavy atom. The lowest BCUT2D eigenvalue weighted by molar-refractivity contribution is 0.883. The molecule has 10 heavy (non-hydrogen) atoms. The summed E-state index contributed by atoms with van der Waals surface area (Å²) in [6.07, 6.45) is 4.11. The van der Waals surface area contributed by atoms with Crippen LogP contribution >= 0.6 is 0 Å². The van der Waals surface area contributed by atoms with E-state index in [1.807, 2.05) is 18.3 Å². The van der Waals surface area contributed by atoms with Crippen molar-refractivity contribution in [3.8, 4) is 0 Å². The first-order valence-electron chi connectivity index (χ1n) is 3.33. The van der Waals surface area contributed by atoms with Gasteiger partial charge in [0.2, 0.25) is 0 Å². The third-order valence-electron chi connectivity index (χ3n) is 1.23. The molecule has 0 aromatic carbocycles. The van der Waals surface area contributed by atoms with Gasteiger partial charge in [0.05, 0.1) is 0 Å². The van der Waals surface area contributed by atoms with Crippen LogP contribution in [0.15, 0.2) is 24.4 Å². The van der Waals surface area contributed by atoms with Gasteiger partial charge in [-0.2, -0.15) is 0 Å². The Kier molecular flexibility index (Phi) is 4.50. The number of hydrogen-bond donors (Lipinski definition) is 1. The minimum absolute atomic E-state index is 0. The highest BCUT2D eigenvalue weighted by molar-refractivity contribution is 5.02. The van der Waals surface area contributed by atoms with Crippen molar-refractivity contribution >= 4 is 0 Å². The summed E-state index contributed by atoms with van der Waals surface area (Å²) in [5.41, 5.74) is 1.19. The first-order chi connectivity index (χ1) is 4.43. The van der Waals surface area contributed by atoms with Crippen molar-refractivity contribution in [3.63, 3.8) is 0 Å². The smallest absolute Gasteiger partial charge is 0.0403 e. The van der Waals surface area contributed by atoms with Crippen LogP contribution in [-0.4, -0.2) is 4.98 Å². The minimum Gasteiger partial charge on any atom is -0.344 e. The molecule has 2 nitrogen and oxygen atoms in total. The molecule has 1 aromatic rings. The van der Waals surface area contributed by atoms with Crippen molar-refractivity contribution in [2.24, 2.45) is 0 Å². The van der Waals surface area contributed by atoms with Gasteiger partial charge in [0.25, 0.3) is 0 Å². The summed E-state index contributed by atoms with van der Waals surface area (Å²) in [7, 11) is 0. The van der Waals surface area contributed by atoms with E-state index in [0.717, 1.165) is 6.42 Å². The fourth-order valence-electron chi connectivity index (χ4n) is 0.802. The molecular formula is C8H14N2. The summed E-state index contributed by atoms with van der Waals surface area (Å²) in [6.45, 7) is 2.16. The van der Waals surface area contributed by atoms with Crippen LogP contribution in [0.25, 0.3) is 0 Å². The monoisotopic (exact) mass is 138 g/mol. The van der Waals surface area contributed by atoms with Crippen molar-refractivity contribution < 1.29 is 0 Å². The number of rotatable bonds is 2. The zero-order valence-electron chi connectivity index (χ0n) is 6.38. The molecule has 0 unspecified atom stereocenters. The van der Waals surface area contributed by atoms with Gasteiger partial charge in [0.1, 0.15) is 0 Å². The molecule has 1 rings (SSSR count). The minimum atomic E-state index is 0. The Bertz CT molecular complexity index is 160. The van der Waals surface area contributed by atoms with Crippen molar-refractivity contribution in [1.82, 2.24) is 11.1 Å². The third kappa shape index (κ3) is 2.60. The standard InChI is InChI=1S/C8H11N.H3N/c1-2-5-8-6-3-4-7-9-8;/h3-4,6-7H,2,5H2,1H3;1H3. The Morgan fingerprint density at radius 1 is 1.40 bits per heavy atom. The van der Waals surface area contributed by atoms with Crippen LogP contribution in [0.3, 0.4) is 0 Å². The molecule has 1 aromatic heterocycles. The Labute approximate surface area is 61.9 Å². The molecule has 0 bridgehead atoms. The molecule has 0 aliphatic heterocycles. The first-order valence-corrected chi connectivity index (χ1v) is 3.33. The van der Waals surface area contributed by atoms with E-state index >= 15 is 0 Å². The molecule has 0 saturated heterocycles. The van der Waals surface area contributed by atoms with Gasteiger partial charge >= 0.3 is 0 Å². The maximum Gasteiger partial charge on any atom is 0.0403 e. The van der Waals surface area contributed by atoms with Gasteiger partial charge < -0.3 is 6.15 Å². The largest absolute Gasteiger partial charge is 0.344 e. The highest BCUT2D eigenvalue weighted by Gasteiger charge is 1.86. The summed E-state index contributed by atoms with van der Waals surface area (Å²) < 4.78 is 0. The van der Waals surface area contributed by atoms with Crippen LogP contribution in [0.4, 0.5) is 0 Å². The van der Waals surface area contributed by atoms with E-state index in [9.17, 15) is 0 Å². The molecule has 0 spiro atoms. The SMILES string of the molecule is CCCc1ccccn1.N. The normalized spacial score (nSPS) is 8.50. The lowest BCUT2D eigenvalue weighted by Gasteiger charge is -1.92. The summed E-state index contributed by atoms with van der Waals surface area (Å²) >= 11 is 0. The van der Waals surface area contributed by atoms with Gasteiger partial charge in [-0.15, -0.1) is 0 Å². The van der Waals surface area contributed by atoms with E-state index < -0.39 is 0 Å². The Balaban J connectivity index is 0.000000810. The van der Waals surface area contributed by atoms with Crippen molar-refractivity contribution in [3.05, 3.63) is 30.1 Å². The number of hydrogen-bond acceptors (Lipinski definition) is 2. The first kappa shape index (κ1) is 9.11. The van der Waals surface area contributed by atoms with Gasteiger partial charge in [0, 0.05) is 11.9 Å². The predicted octanol–water partition coefficient (Wildman–Crippen LogP) is 2.20. The maximum atomic E-state index is 4.17. The molecule has 56 valence electrons. The van der Waals surface area contributed by atoms with Crippen molar-refractivity contribution in [2.45, 2.75) is 19.8 Å². The second kappa shape index (κ2) is 4.94. The van der Waals surface area contributed by atoms with E-state index in [-0.39, 0.29) is 6.15 Å². The molecule has 0 amide bonds. The summed E-state index contributed by atoms with van der Waals surface area (Å²) in [4.78, 5) is 4.17. The fraction of sp³-hybridized carbons (Fsp3) is 0.375. The van der Waals surface area contributed by atoms with Crippen molar-refractivity contribution in [1.29, 1.82) is 0 Å². The summed E-state index contributed by atoms with van der Waals surface area (Å²) in [5.74, 6) is 0. The van der Waals surface area contributed by atoms with Gasteiger partial charge in [-0.05, 0) is 18.6 Å². The number of pyridine rings is 1. The van der Waals surface area contributed by atoms with E-state index in [2.05, 4.69) is 18.0 Å². The van der Waals surface area contributed by atoms with E-state index in [4.69, 9.17) is 0 Å². The number of nitrogens with zero attached hydrogens (tertiary/aromatic N) is 1. The van der Waals surface area contributed by atoms with Gasteiger partial charge in [-0.1, -0.05) is 19.4 Å². The van der Waals surface area contributed by atoms with Gasteiger partial charge in [-0.3, -0.25) is 4.98 Å². The third-order valence-corrected chi connectivity index (χ3v) is 1.23. The highest BCUT2D eigenvalue weighted by atomic mass is 14.7.